The number of carbonyl (C=O) groups excluding carboxylic acids is 1. The van der Waals surface area contributed by atoms with E-state index in [1.807, 2.05) is 0 Å². The van der Waals surface area contributed by atoms with E-state index in [0.29, 0.717) is 19.2 Å². The van der Waals surface area contributed by atoms with Crippen molar-refractivity contribution in [2.24, 2.45) is 5.41 Å². The molecule has 0 bridgehead atoms. The van der Waals surface area contributed by atoms with E-state index in [0.717, 1.165) is 26.8 Å². The van der Waals surface area contributed by atoms with Crippen molar-refractivity contribution in [3.8, 4) is 0 Å². The Kier molecular flexibility index (Phi) is 6.51. The average molecular weight is 457 g/mol. The van der Waals surface area contributed by atoms with Crippen LogP contribution in [0.15, 0.2) is 18.2 Å². The highest BCUT2D eigenvalue weighted by Crippen LogP contribution is 2.54. The SMILES string of the molecule is CC(C)(C)C(=O)OC(c1ccc(N2CCNCC2)c([N+](=O)[O-])c1)(C(F)(F)F)C(F)(F)F. The third-order valence-corrected chi connectivity index (χ3v) is 4.69. The van der Waals surface area contributed by atoms with Gasteiger partial charge >= 0.3 is 23.9 Å². The first kappa shape index (κ1) is 24.7. The summed E-state index contributed by atoms with van der Waals surface area (Å²) < 4.78 is 87.5. The number of nitro groups is 1. The number of ether oxygens (including phenoxy) is 1. The van der Waals surface area contributed by atoms with Gasteiger partial charge in [-0.05, 0) is 26.8 Å². The number of anilines is 1. The molecule has 0 aliphatic carbocycles. The maximum Gasteiger partial charge on any atom is 0.442 e. The van der Waals surface area contributed by atoms with Crippen molar-refractivity contribution in [1.82, 2.24) is 5.32 Å². The number of hydrogen-bond donors (Lipinski definition) is 1. The summed E-state index contributed by atoms with van der Waals surface area (Å²) >= 11 is 0. The largest absolute Gasteiger partial charge is 0.442 e. The number of hydrogen-bond acceptors (Lipinski definition) is 6. The van der Waals surface area contributed by atoms with Gasteiger partial charge in [0.2, 0.25) is 0 Å². The van der Waals surface area contributed by atoms with Crippen LogP contribution in [0.1, 0.15) is 26.3 Å². The molecule has 174 valence electrons. The van der Waals surface area contributed by atoms with Crippen LogP contribution < -0.4 is 10.2 Å². The molecule has 1 heterocycles. The Bertz CT molecular complexity index is 828. The van der Waals surface area contributed by atoms with E-state index in [1.165, 1.54) is 4.90 Å². The summed E-state index contributed by atoms with van der Waals surface area (Å²) in [6, 6.07) is 1.45. The number of nitro benzene ring substituents is 1. The molecule has 1 aliphatic rings. The molecule has 0 spiro atoms. The third kappa shape index (κ3) is 4.70. The van der Waals surface area contributed by atoms with Gasteiger partial charge in [0.25, 0.3) is 5.69 Å². The fourth-order valence-corrected chi connectivity index (χ4v) is 3.02. The van der Waals surface area contributed by atoms with Crippen molar-refractivity contribution in [2.45, 2.75) is 38.7 Å². The Balaban J connectivity index is 2.74. The zero-order valence-corrected chi connectivity index (χ0v) is 16.9. The second-order valence-electron chi connectivity index (χ2n) is 8.01. The van der Waals surface area contributed by atoms with Crippen molar-refractivity contribution in [3.63, 3.8) is 0 Å². The molecule has 13 heteroatoms. The van der Waals surface area contributed by atoms with Crippen molar-refractivity contribution in [3.05, 3.63) is 33.9 Å². The lowest BCUT2D eigenvalue weighted by atomic mass is 9.89. The summed E-state index contributed by atoms with van der Waals surface area (Å²) in [4.78, 5) is 24.0. The molecule has 1 N–H and O–H groups in total. The average Bonchev–Trinajstić information content (AvgIpc) is 2.63. The van der Waals surface area contributed by atoms with E-state index in [4.69, 9.17) is 0 Å². The molecule has 31 heavy (non-hydrogen) atoms. The zero-order chi connectivity index (χ0) is 23.8. The predicted molar refractivity (Wildman–Crippen MR) is 97.5 cm³/mol. The third-order valence-electron chi connectivity index (χ3n) is 4.69. The number of alkyl halides is 6. The number of carbonyl (C=O) groups is 1. The van der Waals surface area contributed by atoms with Gasteiger partial charge < -0.3 is 15.0 Å². The number of benzene rings is 1. The second-order valence-corrected chi connectivity index (χ2v) is 8.01. The molecule has 7 nitrogen and oxygen atoms in total. The molecule has 0 unspecified atom stereocenters. The first-order valence-corrected chi connectivity index (χ1v) is 9.14. The summed E-state index contributed by atoms with van der Waals surface area (Å²) in [5.74, 6) is -1.77. The Morgan fingerprint density at radius 3 is 2.00 bits per heavy atom. The topological polar surface area (TPSA) is 84.7 Å². The molecule has 1 aromatic carbocycles. The highest BCUT2D eigenvalue weighted by molar-refractivity contribution is 5.76. The lowest BCUT2D eigenvalue weighted by Crippen LogP contribution is -2.57. The molecule has 0 amide bonds. The van der Waals surface area contributed by atoms with E-state index in [2.05, 4.69) is 10.1 Å². The van der Waals surface area contributed by atoms with Crippen molar-refractivity contribution in [1.29, 1.82) is 0 Å². The number of halogens is 6. The number of esters is 1. The Hall–Kier alpha value is -2.57. The van der Waals surface area contributed by atoms with Crippen LogP contribution in [-0.2, 0) is 15.1 Å². The molecule has 0 atom stereocenters. The van der Waals surface area contributed by atoms with E-state index >= 15 is 0 Å². The highest BCUT2D eigenvalue weighted by Gasteiger charge is 2.76. The molecule has 0 radical (unpaired) electrons. The summed E-state index contributed by atoms with van der Waals surface area (Å²) in [5.41, 5.74) is -9.46. The summed E-state index contributed by atoms with van der Waals surface area (Å²) in [6.45, 7) is 4.65. The summed E-state index contributed by atoms with van der Waals surface area (Å²) in [6.07, 6.45) is -12.3. The predicted octanol–water partition coefficient (Wildman–Crippen LogP) is 3.91. The van der Waals surface area contributed by atoms with Gasteiger partial charge in [0, 0.05) is 37.8 Å². The molecule has 1 aromatic rings. The van der Waals surface area contributed by atoms with Crippen LogP contribution in [0.2, 0.25) is 0 Å². The van der Waals surface area contributed by atoms with Gasteiger partial charge in [0.1, 0.15) is 5.69 Å². The van der Waals surface area contributed by atoms with Crippen LogP contribution in [0.5, 0.6) is 0 Å². The van der Waals surface area contributed by atoms with Gasteiger partial charge in [0.05, 0.1) is 10.3 Å². The van der Waals surface area contributed by atoms with Crippen molar-refractivity contribution in [2.75, 3.05) is 31.1 Å². The molecule has 2 rings (SSSR count). The summed E-state index contributed by atoms with van der Waals surface area (Å²) in [5, 5.41) is 14.5. The highest BCUT2D eigenvalue weighted by atomic mass is 19.4. The molecular weight excluding hydrogens is 436 g/mol. The Morgan fingerprint density at radius 2 is 1.58 bits per heavy atom. The smallest absolute Gasteiger partial charge is 0.434 e. The van der Waals surface area contributed by atoms with Gasteiger partial charge in [-0.2, -0.15) is 26.3 Å². The van der Waals surface area contributed by atoms with Gasteiger partial charge in [-0.3, -0.25) is 14.9 Å². The zero-order valence-electron chi connectivity index (χ0n) is 16.9. The van der Waals surface area contributed by atoms with Crippen LogP contribution in [0.4, 0.5) is 37.7 Å². The fourth-order valence-electron chi connectivity index (χ4n) is 3.02. The summed E-state index contributed by atoms with van der Waals surface area (Å²) in [7, 11) is 0. The first-order chi connectivity index (χ1) is 14.0. The van der Waals surface area contributed by atoms with Crippen LogP contribution in [0, 0.1) is 15.5 Å². The van der Waals surface area contributed by atoms with E-state index < -0.39 is 45.5 Å². The molecule has 1 saturated heterocycles. The monoisotopic (exact) mass is 457 g/mol. The minimum Gasteiger partial charge on any atom is -0.434 e. The Morgan fingerprint density at radius 1 is 1.06 bits per heavy atom. The van der Waals surface area contributed by atoms with Gasteiger partial charge in [-0.1, -0.05) is 6.07 Å². The van der Waals surface area contributed by atoms with E-state index in [9.17, 15) is 41.3 Å². The Labute approximate surface area is 173 Å². The molecular formula is C18H21F6N3O4. The minimum absolute atomic E-state index is 0.129. The fraction of sp³-hybridized carbons (Fsp3) is 0.611. The maximum atomic E-state index is 13.9. The van der Waals surface area contributed by atoms with Gasteiger partial charge in [-0.15, -0.1) is 0 Å². The molecule has 0 aromatic heterocycles. The van der Waals surface area contributed by atoms with Crippen molar-refractivity contribution >= 4 is 17.3 Å². The van der Waals surface area contributed by atoms with Crippen LogP contribution in [0.3, 0.4) is 0 Å². The van der Waals surface area contributed by atoms with Crippen LogP contribution >= 0.6 is 0 Å². The normalized spacial score (nSPS) is 16.2. The quantitative estimate of drug-likeness (QED) is 0.320. The number of piperazine rings is 1. The van der Waals surface area contributed by atoms with E-state index in [1.54, 1.807) is 0 Å². The van der Waals surface area contributed by atoms with Crippen LogP contribution in [0.25, 0.3) is 0 Å². The molecule has 0 saturated carbocycles. The number of rotatable bonds is 4. The second kappa shape index (κ2) is 8.17. The number of nitrogens with one attached hydrogen (secondary N) is 1. The molecule has 1 fully saturated rings. The standard InChI is InChI=1S/C18H21F6N3O4/c1-15(2,3)14(28)31-16(17(19,20)21,18(22,23)24)11-4-5-12(13(10-11)27(29)30)26-8-6-25-7-9-26/h4-5,10,25H,6-9H2,1-3H3. The lowest BCUT2D eigenvalue weighted by molar-refractivity contribution is -0.386. The van der Waals surface area contributed by atoms with E-state index in [-0.39, 0.29) is 24.8 Å². The van der Waals surface area contributed by atoms with Gasteiger partial charge in [0.15, 0.2) is 0 Å². The number of nitrogens with zero attached hydrogens (tertiary/aromatic N) is 2. The maximum absolute atomic E-state index is 13.9. The lowest BCUT2D eigenvalue weighted by Gasteiger charge is -2.38. The van der Waals surface area contributed by atoms with Gasteiger partial charge in [-0.25, -0.2) is 0 Å². The van der Waals surface area contributed by atoms with Crippen LogP contribution in [-0.4, -0.2) is 49.4 Å². The van der Waals surface area contributed by atoms with Crippen molar-refractivity contribution < 1.29 is 40.8 Å². The first-order valence-electron chi connectivity index (χ1n) is 9.14. The minimum atomic E-state index is -6.14. The molecule has 1 aliphatic heterocycles.